The molecule has 0 amide bonds. The Hall–Kier alpha value is -3.08. The zero-order chi connectivity index (χ0) is 17.5. The first kappa shape index (κ1) is 17.3. The van der Waals surface area contributed by atoms with E-state index in [1.165, 1.54) is 0 Å². The molecule has 0 radical (unpaired) electrons. The highest BCUT2D eigenvalue weighted by Gasteiger charge is 2.15. The lowest BCUT2D eigenvalue weighted by Gasteiger charge is -2.10. The Bertz CT molecular complexity index is 781. The van der Waals surface area contributed by atoms with Gasteiger partial charge >= 0.3 is 0 Å². The monoisotopic (exact) mass is 321 g/mol. The minimum Gasteiger partial charge on any atom is -0.259 e. The lowest BCUT2D eigenvalue weighted by molar-refractivity contribution is -0.427. The Labute approximate surface area is 141 Å². The summed E-state index contributed by atoms with van der Waals surface area (Å²) in [5, 5.41) is 18.9. The summed E-state index contributed by atoms with van der Waals surface area (Å²) in [6.07, 6.45) is 8.08. The summed E-state index contributed by atoms with van der Waals surface area (Å²) < 4.78 is 0. The first-order valence-electron chi connectivity index (χ1n) is 7.54. The van der Waals surface area contributed by atoms with Gasteiger partial charge in [0.25, 0.3) is 0 Å². The van der Waals surface area contributed by atoms with Gasteiger partial charge in [0.15, 0.2) is 0 Å². The second-order valence-electron chi connectivity index (χ2n) is 5.52. The van der Waals surface area contributed by atoms with Gasteiger partial charge in [0, 0.05) is 12.5 Å². The van der Waals surface area contributed by atoms with Gasteiger partial charge in [-0.1, -0.05) is 43.0 Å². The van der Waals surface area contributed by atoms with Gasteiger partial charge in [0.1, 0.15) is 0 Å². The third kappa shape index (κ3) is 4.98. The molecule has 2 rings (SSSR count). The third-order valence-electron chi connectivity index (χ3n) is 3.45. The Kier molecular flexibility index (Phi) is 5.73. The number of azo groups is 1. The van der Waals surface area contributed by atoms with E-state index in [9.17, 15) is 10.1 Å². The average Bonchev–Trinajstić information content (AvgIpc) is 2.58. The molecule has 0 fully saturated rings. The molecule has 1 aromatic rings. The summed E-state index contributed by atoms with van der Waals surface area (Å²) in [7, 11) is 0. The molecular formula is C19H19N3O2. The fraction of sp³-hybridized carbons (Fsp3) is 0.158. The summed E-state index contributed by atoms with van der Waals surface area (Å²) in [5.74, 6) is 0. The fourth-order valence-corrected chi connectivity index (χ4v) is 2.15. The van der Waals surface area contributed by atoms with Gasteiger partial charge in [-0.2, -0.15) is 10.2 Å². The molecular weight excluding hydrogens is 302 g/mol. The second kappa shape index (κ2) is 7.97. The molecule has 0 atom stereocenters. The molecule has 1 aromatic carbocycles. The lowest BCUT2D eigenvalue weighted by atomic mass is 9.96. The van der Waals surface area contributed by atoms with Crippen LogP contribution in [0.1, 0.15) is 25.3 Å². The largest absolute Gasteiger partial charge is 0.259 e. The molecule has 0 aromatic heterocycles. The highest BCUT2D eigenvalue weighted by molar-refractivity contribution is 5.69. The van der Waals surface area contributed by atoms with E-state index in [4.69, 9.17) is 0 Å². The molecule has 1 aliphatic carbocycles. The minimum absolute atomic E-state index is 0.255. The molecule has 5 heteroatoms. The number of nitrogens with zero attached hydrogens (tertiary/aromatic N) is 3. The van der Waals surface area contributed by atoms with Crippen LogP contribution in [-0.2, 0) is 0 Å². The van der Waals surface area contributed by atoms with Crippen molar-refractivity contribution in [2.75, 3.05) is 0 Å². The standard InChI is InChI=1S/C19H19N3O2/c1-14(2)4-5-15(3)20-21-18-10-6-16(7-11-18)17-8-12-19(13-9-17)22(23)24/h4-8,10-12H,1,3,9,13H2,2H3/b5-4-,21-20?. The molecule has 0 saturated carbocycles. The van der Waals surface area contributed by atoms with Crippen molar-refractivity contribution in [2.45, 2.75) is 19.8 Å². The van der Waals surface area contributed by atoms with Gasteiger partial charge in [-0.25, -0.2) is 0 Å². The molecule has 5 nitrogen and oxygen atoms in total. The van der Waals surface area contributed by atoms with Crippen molar-refractivity contribution in [1.82, 2.24) is 0 Å². The van der Waals surface area contributed by atoms with Crippen molar-refractivity contribution in [3.63, 3.8) is 0 Å². The van der Waals surface area contributed by atoms with E-state index >= 15 is 0 Å². The summed E-state index contributed by atoms with van der Waals surface area (Å²) in [6.45, 7) is 9.45. The van der Waals surface area contributed by atoms with Crippen LogP contribution in [0.3, 0.4) is 0 Å². The number of benzene rings is 1. The van der Waals surface area contributed by atoms with Crippen LogP contribution in [0.5, 0.6) is 0 Å². The first-order valence-corrected chi connectivity index (χ1v) is 7.54. The van der Waals surface area contributed by atoms with E-state index < -0.39 is 0 Å². The molecule has 0 heterocycles. The van der Waals surface area contributed by atoms with Gasteiger partial charge in [-0.15, -0.1) is 0 Å². The van der Waals surface area contributed by atoms with E-state index in [-0.39, 0.29) is 10.6 Å². The Balaban J connectivity index is 2.05. The average molecular weight is 321 g/mol. The van der Waals surface area contributed by atoms with Crippen molar-refractivity contribution < 1.29 is 4.92 Å². The van der Waals surface area contributed by atoms with E-state index in [1.807, 2.05) is 43.3 Å². The Morgan fingerprint density at radius 1 is 1.17 bits per heavy atom. The van der Waals surface area contributed by atoms with E-state index in [2.05, 4.69) is 23.4 Å². The zero-order valence-corrected chi connectivity index (χ0v) is 13.6. The van der Waals surface area contributed by atoms with Crippen LogP contribution in [0.2, 0.25) is 0 Å². The number of rotatable bonds is 6. The smallest absolute Gasteiger partial charge is 0.246 e. The summed E-state index contributed by atoms with van der Waals surface area (Å²) in [6, 6.07) is 7.61. The maximum absolute atomic E-state index is 10.7. The number of hydrogen-bond donors (Lipinski definition) is 0. The van der Waals surface area contributed by atoms with Gasteiger partial charge in [0.05, 0.1) is 16.3 Å². The Morgan fingerprint density at radius 2 is 1.88 bits per heavy atom. The molecule has 0 N–H and O–H groups in total. The van der Waals surface area contributed by atoms with Crippen molar-refractivity contribution in [2.24, 2.45) is 10.2 Å². The lowest BCUT2D eigenvalue weighted by Crippen LogP contribution is -2.02. The molecule has 0 spiro atoms. The van der Waals surface area contributed by atoms with Crippen molar-refractivity contribution >= 4 is 11.3 Å². The van der Waals surface area contributed by atoms with Crippen LogP contribution in [0.15, 0.2) is 88.9 Å². The number of allylic oxidation sites excluding steroid dienone is 7. The van der Waals surface area contributed by atoms with Crippen LogP contribution < -0.4 is 0 Å². The van der Waals surface area contributed by atoms with Crippen LogP contribution in [0.4, 0.5) is 5.69 Å². The van der Waals surface area contributed by atoms with Crippen molar-refractivity contribution in [3.8, 4) is 0 Å². The molecule has 0 bridgehead atoms. The topological polar surface area (TPSA) is 67.9 Å². The number of nitro groups is 1. The van der Waals surface area contributed by atoms with Gasteiger partial charge in [-0.3, -0.25) is 10.1 Å². The van der Waals surface area contributed by atoms with Gasteiger partial charge in [-0.05, 0) is 42.7 Å². The van der Waals surface area contributed by atoms with Crippen molar-refractivity contribution in [3.05, 3.63) is 94.4 Å². The normalized spacial score (nSPS) is 14.5. The predicted octanol–water partition coefficient (Wildman–Crippen LogP) is 5.75. The molecule has 0 aliphatic heterocycles. The molecule has 1 aliphatic rings. The predicted molar refractivity (Wildman–Crippen MR) is 96.3 cm³/mol. The van der Waals surface area contributed by atoms with Gasteiger partial charge < -0.3 is 0 Å². The first-order chi connectivity index (χ1) is 11.5. The minimum atomic E-state index is -0.327. The fourth-order valence-electron chi connectivity index (χ4n) is 2.15. The molecule has 24 heavy (non-hydrogen) atoms. The summed E-state index contributed by atoms with van der Waals surface area (Å²) in [5.41, 5.74) is 4.57. The maximum atomic E-state index is 10.7. The maximum Gasteiger partial charge on any atom is 0.246 e. The van der Waals surface area contributed by atoms with Gasteiger partial charge in [0.2, 0.25) is 5.70 Å². The third-order valence-corrected chi connectivity index (χ3v) is 3.45. The second-order valence-corrected chi connectivity index (χ2v) is 5.52. The zero-order valence-electron chi connectivity index (χ0n) is 13.6. The van der Waals surface area contributed by atoms with Crippen LogP contribution in [0.25, 0.3) is 5.57 Å². The quantitative estimate of drug-likeness (QED) is 0.289. The highest BCUT2D eigenvalue weighted by atomic mass is 16.6. The van der Waals surface area contributed by atoms with Crippen LogP contribution in [-0.4, -0.2) is 4.92 Å². The SMILES string of the molecule is C=C(C)/C=C\C(=C)N=Nc1ccc(C2=CC=C([N+](=O)[O-])CC2)cc1. The van der Waals surface area contributed by atoms with Crippen molar-refractivity contribution in [1.29, 1.82) is 0 Å². The number of hydrogen-bond acceptors (Lipinski definition) is 4. The van der Waals surface area contributed by atoms with Crippen LogP contribution in [0, 0.1) is 10.1 Å². The molecule has 0 saturated heterocycles. The summed E-state index contributed by atoms with van der Waals surface area (Å²) >= 11 is 0. The molecule has 122 valence electrons. The Morgan fingerprint density at radius 3 is 2.42 bits per heavy atom. The molecule has 0 unspecified atom stereocenters. The highest BCUT2D eigenvalue weighted by Crippen LogP contribution is 2.28. The van der Waals surface area contributed by atoms with E-state index in [0.717, 1.165) is 22.4 Å². The van der Waals surface area contributed by atoms with E-state index in [0.29, 0.717) is 18.5 Å². The van der Waals surface area contributed by atoms with E-state index in [1.54, 1.807) is 12.2 Å². The summed E-state index contributed by atoms with van der Waals surface area (Å²) in [4.78, 5) is 10.4. The van der Waals surface area contributed by atoms with Crippen LogP contribution >= 0.6 is 0 Å².